The first-order valence-electron chi connectivity index (χ1n) is 2.95. The summed E-state index contributed by atoms with van der Waals surface area (Å²) in [5.41, 5.74) is 1.47. The highest BCUT2D eigenvalue weighted by molar-refractivity contribution is 5.72. The van der Waals surface area contributed by atoms with Crippen molar-refractivity contribution >= 4 is 6.03 Å². The van der Waals surface area contributed by atoms with E-state index >= 15 is 0 Å². The van der Waals surface area contributed by atoms with Crippen molar-refractivity contribution in [2.24, 2.45) is 5.73 Å². The average Bonchev–Trinajstić information content (AvgIpc) is 1.78. The van der Waals surface area contributed by atoms with Crippen LogP contribution >= 0.6 is 0 Å². The van der Waals surface area contributed by atoms with Crippen molar-refractivity contribution < 1.29 is 31.1 Å². The standard InChI is InChI=1S/C5H4F6N2O/c6-4(7,8)2(5(9,10)11)1-13-3(12)14/h1H,(H3,12,13,14). The summed E-state index contributed by atoms with van der Waals surface area (Å²) in [6.07, 6.45) is -11.7. The maximum atomic E-state index is 11.7. The lowest BCUT2D eigenvalue weighted by molar-refractivity contribution is -0.172. The van der Waals surface area contributed by atoms with Gasteiger partial charge < -0.3 is 11.1 Å². The van der Waals surface area contributed by atoms with Gasteiger partial charge in [-0.25, -0.2) is 4.79 Å². The van der Waals surface area contributed by atoms with Crippen molar-refractivity contribution in [2.45, 2.75) is 12.4 Å². The van der Waals surface area contributed by atoms with Crippen LogP contribution in [0.15, 0.2) is 11.8 Å². The van der Waals surface area contributed by atoms with Crippen LogP contribution in [-0.4, -0.2) is 18.4 Å². The molecule has 0 saturated carbocycles. The van der Waals surface area contributed by atoms with Crippen LogP contribution < -0.4 is 11.1 Å². The molecule has 0 aromatic rings. The van der Waals surface area contributed by atoms with Crippen LogP contribution in [0.4, 0.5) is 31.1 Å². The Morgan fingerprint density at radius 1 is 1.07 bits per heavy atom. The molecule has 0 fully saturated rings. The van der Waals surface area contributed by atoms with E-state index in [1.807, 2.05) is 0 Å². The second-order valence-electron chi connectivity index (χ2n) is 2.06. The smallest absolute Gasteiger partial charge is 0.351 e. The summed E-state index contributed by atoms with van der Waals surface area (Å²) in [5, 5.41) is 1.10. The predicted octanol–water partition coefficient (Wildman–Crippen LogP) is 1.66. The van der Waals surface area contributed by atoms with Crippen LogP contribution in [-0.2, 0) is 0 Å². The zero-order chi connectivity index (χ0) is 11.6. The molecule has 0 bridgehead atoms. The van der Waals surface area contributed by atoms with Crippen molar-refractivity contribution in [2.75, 3.05) is 0 Å². The summed E-state index contributed by atoms with van der Waals surface area (Å²) in [4.78, 5) is 9.89. The summed E-state index contributed by atoms with van der Waals surface area (Å²) in [7, 11) is 0. The van der Waals surface area contributed by atoms with Crippen LogP contribution in [0.1, 0.15) is 0 Å². The first-order valence-corrected chi connectivity index (χ1v) is 2.95. The molecule has 0 radical (unpaired) electrons. The van der Waals surface area contributed by atoms with Gasteiger partial charge in [0, 0.05) is 6.20 Å². The second kappa shape index (κ2) is 3.76. The maximum Gasteiger partial charge on any atom is 0.422 e. The Morgan fingerprint density at radius 3 is 1.64 bits per heavy atom. The molecular formula is C5H4F6N2O. The molecule has 3 N–H and O–H groups in total. The van der Waals surface area contributed by atoms with E-state index in [-0.39, 0.29) is 0 Å². The van der Waals surface area contributed by atoms with Crippen molar-refractivity contribution in [3.05, 3.63) is 11.8 Å². The SMILES string of the molecule is NC(=O)NC=C(C(F)(F)F)C(F)(F)F. The number of nitrogens with two attached hydrogens (primary N) is 1. The van der Waals surface area contributed by atoms with Crippen LogP contribution in [0, 0.1) is 0 Å². The highest BCUT2D eigenvalue weighted by Crippen LogP contribution is 2.37. The topological polar surface area (TPSA) is 55.1 Å². The fraction of sp³-hybridized carbons (Fsp3) is 0.400. The number of rotatable bonds is 1. The number of hydrogen-bond donors (Lipinski definition) is 2. The predicted molar refractivity (Wildman–Crippen MR) is 32.9 cm³/mol. The Bertz CT molecular complexity index is 236. The van der Waals surface area contributed by atoms with Gasteiger partial charge >= 0.3 is 18.4 Å². The number of carbonyl (C=O) groups is 1. The van der Waals surface area contributed by atoms with Crippen LogP contribution in [0.3, 0.4) is 0 Å². The van der Waals surface area contributed by atoms with Gasteiger partial charge in [0.2, 0.25) is 0 Å². The fourth-order valence-electron chi connectivity index (χ4n) is 0.468. The zero-order valence-corrected chi connectivity index (χ0v) is 6.33. The number of amides is 2. The molecule has 2 amide bonds. The number of allylic oxidation sites excluding steroid dienone is 1. The van der Waals surface area contributed by atoms with E-state index in [0.29, 0.717) is 0 Å². The van der Waals surface area contributed by atoms with E-state index in [4.69, 9.17) is 0 Å². The third kappa shape index (κ3) is 4.01. The number of carbonyl (C=O) groups excluding carboxylic acids is 1. The van der Waals surface area contributed by atoms with Gasteiger partial charge in [-0.15, -0.1) is 0 Å². The minimum atomic E-state index is -5.60. The molecule has 0 aliphatic carbocycles. The van der Waals surface area contributed by atoms with E-state index in [0.717, 1.165) is 5.32 Å². The summed E-state index contributed by atoms with van der Waals surface area (Å²) in [5.74, 6) is 0. The van der Waals surface area contributed by atoms with Gasteiger partial charge in [0.1, 0.15) is 0 Å². The number of hydrogen-bond acceptors (Lipinski definition) is 1. The molecule has 0 unspecified atom stereocenters. The van der Waals surface area contributed by atoms with Gasteiger partial charge in [-0.1, -0.05) is 0 Å². The molecule has 0 atom stereocenters. The number of halogens is 6. The largest absolute Gasteiger partial charge is 0.422 e. The molecule has 14 heavy (non-hydrogen) atoms. The number of primary amides is 1. The molecule has 9 heteroatoms. The van der Waals surface area contributed by atoms with Gasteiger partial charge in [-0.05, 0) is 0 Å². The molecule has 0 heterocycles. The molecule has 82 valence electrons. The van der Waals surface area contributed by atoms with Crippen LogP contribution in [0.25, 0.3) is 0 Å². The third-order valence-electron chi connectivity index (χ3n) is 0.970. The van der Waals surface area contributed by atoms with E-state index in [9.17, 15) is 31.1 Å². The monoisotopic (exact) mass is 222 g/mol. The summed E-state index contributed by atoms with van der Waals surface area (Å²) in [6, 6.07) is -1.52. The first kappa shape index (κ1) is 12.6. The molecule has 0 aliphatic rings. The number of nitrogens with one attached hydrogen (secondary N) is 1. The summed E-state index contributed by atoms with van der Waals surface area (Å²) in [6.45, 7) is 0. The Balaban J connectivity index is 4.93. The lowest BCUT2D eigenvalue weighted by Gasteiger charge is -2.14. The van der Waals surface area contributed by atoms with Crippen molar-refractivity contribution in [1.29, 1.82) is 0 Å². The van der Waals surface area contributed by atoms with Crippen molar-refractivity contribution in [3.8, 4) is 0 Å². The van der Waals surface area contributed by atoms with E-state index in [2.05, 4.69) is 5.73 Å². The van der Waals surface area contributed by atoms with Crippen molar-refractivity contribution in [1.82, 2.24) is 5.32 Å². The Hall–Kier alpha value is -1.41. The fourth-order valence-corrected chi connectivity index (χ4v) is 0.468. The molecule has 0 saturated heterocycles. The Kier molecular flexibility index (Phi) is 3.38. The van der Waals surface area contributed by atoms with Gasteiger partial charge in [-0.2, -0.15) is 26.3 Å². The normalized spacial score (nSPS) is 12.1. The first-order chi connectivity index (χ1) is 6.05. The van der Waals surface area contributed by atoms with Gasteiger partial charge in [-0.3, -0.25) is 0 Å². The molecule has 3 nitrogen and oxygen atoms in total. The third-order valence-corrected chi connectivity index (χ3v) is 0.970. The van der Waals surface area contributed by atoms with E-state index < -0.39 is 30.2 Å². The second-order valence-corrected chi connectivity index (χ2v) is 2.06. The molecule has 0 aromatic carbocycles. The Labute approximate surface area is 73.6 Å². The van der Waals surface area contributed by atoms with Crippen LogP contribution in [0.2, 0.25) is 0 Å². The zero-order valence-electron chi connectivity index (χ0n) is 6.33. The highest BCUT2D eigenvalue weighted by atomic mass is 19.4. The minimum Gasteiger partial charge on any atom is -0.351 e. The molecule has 0 aromatic heterocycles. The maximum absolute atomic E-state index is 11.7. The summed E-state index contributed by atoms with van der Waals surface area (Å²) >= 11 is 0. The highest BCUT2D eigenvalue weighted by Gasteiger charge is 2.51. The van der Waals surface area contributed by atoms with Crippen molar-refractivity contribution in [3.63, 3.8) is 0 Å². The molecular weight excluding hydrogens is 218 g/mol. The number of alkyl halides is 6. The van der Waals surface area contributed by atoms with E-state index in [1.54, 1.807) is 0 Å². The van der Waals surface area contributed by atoms with Gasteiger partial charge in [0.05, 0.1) is 0 Å². The summed E-state index contributed by atoms with van der Waals surface area (Å²) < 4.78 is 70.1. The van der Waals surface area contributed by atoms with Gasteiger partial charge in [0.15, 0.2) is 5.57 Å². The quantitative estimate of drug-likeness (QED) is 0.651. The van der Waals surface area contributed by atoms with Crippen LogP contribution in [0.5, 0.6) is 0 Å². The molecule has 0 spiro atoms. The molecule has 0 rings (SSSR count). The number of urea groups is 1. The average molecular weight is 222 g/mol. The Morgan fingerprint density at radius 2 is 1.43 bits per heavy atom. The van der Waals surface area contributed by atoms with Gasteiger partial charge in [0.25, 0.3) is 0 Å². The lowest BCUT2D eigenvalue weighted by Crippen LogP contribution is -2.31. The minimum absolute atomic E-state index is 0.525. The van der Waals surface area contributed by atoms with E-state index in [1.165, 1.54) is 0 Å². The lowest BCUT2D eigenvalue weighted by atomic mass is 10.3. The molecule has 0 aliphatic heterocycles.